The zero-order valence-corrected chi connectivity index (χ0v) is 14.2. The van der Waals surface area contributed by atoms with Gasteiger partial charge in [-0.25, -0.2) is 4.98 Å². The second-order valence-corrected chi connectivity index (χ2v) is 6.50. The van der Waals surface area contributed by atoms with Gasteiger partial charge in [0.05, 0.1) is 12.3 Å². The lowest BCUT2D eigenvalue weighted by Gasteiger charge is -2.21. The summed E-state index contributed by atoms with van der Waals surface area (Å²) in [5.74, 6) is 0.696. The third kappa shape index (κ3) is 4.92. The molecule has 0 aliphatic heterocycles. The Balaban J connectivity index is 2.07. The van der Waals surface area contributed by atoms with Crippen molar-refractivity contribution in [3.63, 3.8) is 0 Å². The lowest BCUT2D eigenvalue weighted by atomic mass is 10.2. The van der Waals surface area contributed by atoms with Gasteiger partial charge in [0.2, 0.25) is 0 Å². The molecule has 0 spiro atoms. The van der Waals surface area contributed by atoms with Crippen LogP contribution in [0, 0.1) is 0 Å². The molecule has 1 aromatic heterocycles. The fourth-order valence-electron chi connectivity index (χ4n) is 2.35. The molecule has 1 fully saturated rings. The third-order valence-corrected chi connectivity index (χ3v) is 4.76. The van der Waals surface area contributed by atoms with Crippen molar-refractivity contribution in [2.24, 2.45) is 0 Å². The summed E-state index contributed by atoms with van der Waals surface area (Å²) in [6, 6.07) is 0. The predicted molar refractivity (Wildman–Crippen MR) is 87.4 cm³/mol. The monoisotopic (exact) mass is 313 g/mol. The molecule has 0 bridgehead atoms. The van der Waals surface area contributed by atoms with Crippen LogP contribution in [-0.4, -0.2) is 52.6 Å². The van der Waals surface area contributed by atoms with Crippen molar-refractivity contribution in [3.05, 3.63) is 10.6 Å². The minimum absolute atomic E-state index is 0.696. The first-order valence-electron chi connectivity index (χ1n) is 7.67. The Morgan fingerprint density at radius 2 is 2.00 bits per heavy atom. The number of methoxy groups -OCH3 is 2. The first kappa shape index (κ1) is 16.7. The molecule has 0 aromatic carbocycles. The molecule has 21 heavy (non-hydrogen) atoms. The van der Waals surface area contributed by atoms with E-state index in [0.29, 0.717) is 5.92 Å². The van der Waals surface area contributed by atoms with Crippen LogP contribution in [0.5, 0.6) is 0 Å². The van der Waals surface area contributed by atoms with Crippen LogP contribution in [0.4, 0.5) is 5.13 Å². The number of hydrogen-bond acceptors (Lipinski definition) is 6. The summed E-state index contributed by atoms with van der Waals surface area (Å²) in [6.07, 6.45) is 3.60. The van der Waals surface area contributed by atoms with Crippen molar-refractivity contribution in [1.29, 1.82) is 0 Å². The molecular weight excluding hydrogens is 286 g/mol. The summed E-state index contributed by atoms with van der Waals surface area (Å²) >= 11 is 1.82. The third-order valence-electron chi connectivity index (χ3n) is 3.63. The molecule has 5 nitrogen and oxygen atoms in total. The van der Waals surface area contributed by atoms with Gasteiger partial charge in [-0.15, -0.1) is 11.3 Å². The highest BCUT2D eigenvalue weighted by Gasteiger charge is 2.30. The van der Waals surface area contributed by atoms with E-state index in [2.05, 4.69) is 10.2 Å². The zero-order valence-electron chi connectivity index (χ0n) is 13.4. The SMILES string of the molecule is CNCc1sc(N(CCCOC)CCOC)nc1C1CC1. The Morgan fingerprint density at radius 3 is 2.62 bits per heavy atom. The second-order valence-electron chi connectivity index (χ2n) is 5.44. The maximum atomic E-state index is 5.24. The summed E-state index contributed by atoms with van der Waals surface area (Å²) in [6.45, 7) is 4.28. The molecule has 1 heterocycles. The largest absolute Gasteiger partial charge is 0.385 e. The smallest absolute Gasteiger partial charge is 0.185 e. The molecule has 6 heteroatoms. The van der Waals surface area contributed by atoms with Gasteiger partial charge in [0, 0.05) is 51.3 Å². The van der Waals surface area contributed by atoms with Gasteiger partial charge in [0.25, 0.3) is 0 Å². The summed E-state index contributed by atoms with van der Waals surface area (Å²) in [7, 11) is 5.49. The Kier molecular flexibility index (Phi) is 6.89. The highest BCUT2D eigenvalue weighted by Crippen LogP contribution is 2.44. The molecule has 120 valence electrons. The van der Waals surface area contributed by atoms with Crippen LogP contribution < -0.4 is 10.2 Å². The Morgan fingerprint density at radius 1 is 1.24 bits per heavy atom. The molecule has 0 radical (unpaired) electrons. The van der Waals surface area contributed by atoms with Crippen LogP contribution >= 0.6 is 11.3 Å². The fraction of sp³-hybridized carbons (Fsp3) is 0.800. The van der Waals surface area contributed by atoms with Crippen molar-refractivity contribution in [2.45, 2.75) is 31.7 Å². The molecule has 1 aromatic rings. The Bertz CT molecular complexity index is 421. The standard InChI is InChI=1S/C15H27N3O2S/c1-16-11-13-14(12-5-6-12)17-15(21-13)18(8-10-20-3)7-4-9-19-2/h12,16H,4-11H2,1-3H3. The fourth-order valence-corrected chi connectivity index (χ4v) is 3.56. The molecule has 0 atom stereocenters. The molecular formula is C15H27N3O2S. The Labute approximate surface area is 131 Å². The van der Waals surface area contributed by atoms with E-state index < -0.39 is 0 Å². The minimum Gasteiger partial charge on any atom is -0.385 e. The highest BCUT2D eigenvalue weighted by molar-refractivity contribution is 7.15. The van der Waals surface area contributed by atoms with Gasteiger partial charge in [-0.05, 0) is 26.3 Å². The van der Waals surface area contributed by atoms with Crippen molar-refractivity contribution < 1.29 is 9.47 Å². The molecule has 1 N–H and O–H groups in total. The first-order chi connectivity index (χ1) is 10.3. The van der Waals surface area contributed by atoms with E-state index in [1.165, 1.54) is 23.4 Å². The maximum absolute atomic E-state index is 5.24. The topological polar surface area (TPSA) is 46.6 Å². The average molecular weight is 313 g/mol. The zero-order chi connectivity index (χ0) is 15.1. The summed E-state index contributed by atoms with van der Waals surface area (Å²) in [5, 5.41) is 4.40. The molecule has 0 amide bonds. The second kappa shape index (κ2) is 8.68. The lowest BCUT2D eigenvalue weighted by molar-refractivity contribution is 0.191. The summed E-state index contributed by atoms with van der Waals surface area (Å²) in [4.78, 5) is 8.66. The van der Waals surface area contributed by atoms with Gasteiger partial charge in [-0.3, -0.25) is 0 Å². The highest BCUT2D eigenvalue weighted by atomic mass is 32.1. The Hall–Kier alpha value is -0.690. The van der Waals surface area contributed by atoms with Crippen LogP contribution in [0.1, 0.15) is 35.8 Å². The number of nitrogens with one attached hydrogen (secondary N) is 1. The number of ether oxygens (including phenoxy) is 2. The van der Waals surface area contributed by atoms with E-state index >= 15 is 0 Å². The van der Waals surface area contributed by atoms with Crippen LogP contribution in [0.15, 0.2) is 0 Å². The molecule has 1 aliphatic carbocycles. The molecule has 0 saturated heterocycles. The number of hydrogen-bond donors (Lipinski definition) is 1. The van der Waals surface area contributed by atoms with Gasteiger partial charge in [-0.2, -0.15) is 0 Å². The first-order valence-corrected chi connectivity index (χ1v) is 8.48. The predicted octanol–water partition coefficient (Wildman–Crippen LogP) is 2.23. The van der Waals surface area contributed by atoms with E-state index in [1.54, 1.807) is 14.2 Å². The van der Waals surface area contributed by atoms with Gasteiger partial charge in [-0.1, -0.05) is 0 Å². The van der Waals surface area contributed by atoms with Crippen LogP contribution in [0.3, 0.4) is 0 Å². The molecule has 0 unspecified atom stereocenters. The lowest BCUT2D eigenvalue weighted by Crippen LogP contribution is -2.28. The van der Waals surface area contributed by atoms with E-state index in [-0.39, 0.29) is 0 Å². The summed E-state index contributed by atoms with van der Waals surface area (Å²) in [5.41, 5.74) is 1.32. The van der Waals surface area contributed by atoms with Gasteiger partial charge in [0.15, 0.2) is 5.13 Å². The van der Waals surface area contributed by atoms with Crippen LogP contribution in [0.2, 0.25) is 0 Å². The quantitative estimate of drug-likeness (QED) is 0.635. The van der Waals surface area contributed by atoms with Crippen LogP contribution in [-0.2, 0) is 16.0 Å². The van der Waals surface area contributed by atoms with Crippen molar-refractivity contribution >= 4 is 16.5 Å². The van der Waals surface area contributed by atoms with Gasteiger partial charge in [0.1, 0.15) is 0 Å². The molecule has 1 aliphatic rings. The number of thiazole rings is 1. The van der Waals surface area contributed by atoms with E-state index in [0.717, 1.165) is 44.4 Å². The minimum atomic E-state index is 0.696. The van der Waals surface area contributed by atoms with E-state index in [4.69, 9.17) is 14.5 Å². The van der Waals surface area contributed by atoms with Crippen molar-refractivity contribution in [1.82, 2.24) is 10.3 Å². The van der Waals surface area contributed by atoms with E-state index in [1.807, 2.05) is 18.4 Å². The molecule has 1 saturated carbocycles. The maximum Gasteiger partial charge on any atom is 0.185 e. The van der Waals surface area contributed by atoms with Crippen molar-refractivity contribution in [2.75, 3.05) is 52.5 Å². The van der Waals surface area contributed by atoms with Gasteiger partial charge >= 0.3 is 0 Å². The summed E-state index contributed by atoms with van der Waals surface area (Å²) < 4.78 is 10.4. The number of nitrogens with zero attached hydrogens (tertiary/aromatic N) is 2. The number of rotatable bonds is 11. The van der Waals surface area contributed by atoms with Crippen molar-refractivity contribution in [3.8, 4) is 0 Å². The average Bonchev–Trinajstić information content (AvgIpc) is 3.25. The van der Waals surface area contributed by atoms with E-state index in [9.17, 15) is 0 Å². The number of aromatic nitrogens is 1. The van der Waals surface area contributed by atoms with Crippen LogP contribution in [0.25, 0.3) is 0 Å². The molecule has 2 rings (SSSR count). The number of anilines is 1. The van der Waals surface area contributed by atoms with Gasteiger partial charge < -0.3 is 19.7 Å². The normalized spacial score (nSPS) is 14.6.